The second-order valence-electron chi connectivity index (χ2n) is 9.05. The summed E-state index contributed by atoms with van der Waals surface area (Å²) in [6.07, 6.45) is 16.2. The van der Waals surface area contributed by atoms with Crippen LogP contribution in [0.1, 0.15) is 97.3 Å². The molecule has 0 spiro atoms. The van der Waals surface area contributed by atoms with Gasteiger partial charge in [0.2, 0.25) is 0 Å². The third-order valence-electron chi connectivity index (χ3n) is 5.89. The number of ether oxygens (including phenoxy) is 3. The Balaban J connectivity index is 2.05. The van der Waals surface area contributed by atoms with Crippen LogP contribution in [0.5, 0.6) is 0 Å². The van der Waals surface area contributed by atoms with Gasteiger partial charge in [-0.05, 0) is 44.9 Å². The van der Waals surface area contributed by atoms with Crippen molar-refractivity contribution in [3.8, 4) is 0 Å². The first-order valence-corrected chi connectivity index (χ1v) is 13.3. The van der Waals surface area contributed by atoms with Crippen molar-refractivity contribution in [2.75, 3.05) is 13.2 Å². The maximum atomic E-state index is 12.0. The maximum Gasteiger partial charge on any atom is 0.305 e. The van der Waals surface area contributed by atoms with E-state index in [0.717, 1.165) is 51.4 Å². The van der Waals surface area contributed by atoms with Crippen LogP contribution in [0.2, 0.25) is 0 Å². The zero-order valence-electron chi connectivity index (χ0n) is 21.3. The highest BCUT2D eigenvalue weighted by molar-refractivity contribution is 5.69. The van der Waals surface area contributed by atoms with Crippen molar-refractivity contribution in [2.45, 2.75) is 128 Å². The van der Waals surface area contributed by atoms with E-state index in [0.29, 0.717) is 13.0 Å². The summed E-state index contributed by atoms with van der Waals surface area (Å²) in [6.45, 7) is 4.30. The summed E-state index contributed by atoms with van der Waals surface area (Å²) in [4.78, 5) is 12.0. The van der Waals surface area contributed by atoms with E-state index in [4.69, 9.17) is 14.2 Å². The first-order chi connectivity index (χ1) is 16.5. The molecule has 1 aliphatic rings. The van der Waals surface area contributed by atoms with Crippen LogP contribution < -0.4 is 0 Å². The number of hydrogen-bond acceptors (Lipinski definition) is 7. The lowest BCUT2D eigenvalue weighted by Crippen LogP contribution is -2.59. The molecule has 0 radical (unpaired) electrons. The predicted octanol–water partition coefficient (Wildman–Crippen LogP) is 4.58. The molecule has 3 N–H and O–H groups in total. The van der Waals surface area contributed by atoms with Crippen molar-refractivity contribution >= 4 is 5.97 Å². The number of aliphatic hydroxyl groups excluding tert-OH is 3. The zero-order valence-corrected chi connectivity index (χ0v) is 21.3. The van der Waals surface area contributed by atoms with E-state index < -0.39 is 30.7 Å². The minimum Gasteiger partial charge on any atom is -0.463 e. The number of carbonyl (C=O) groups is 1. The molecule has 0 aromatic heterocycles. The Morgan fingerprint density at radius 1 is 0.794 bits per heavy atom. The van der Waals surface area contributed by atoms with Gasteiger partial charge in [-0.3, -0.25) is 4.79 Å². The average molecular weight is 485 g/mol. The molecule has 7 nitrogen and oxygen atoms in total. The Kier molecular flexibility index (Phi) is 18.1. The molecule has 0 saturated carbocycles. The molecule has 5 atom stereocenters. The highest BCUT2D eigenvalue weighted by atomic mass is 16.7. The minimum atomic E-state index is -1.42. The Hall–Kier alpha value is -1.25. The first-order valence-electron chi connectivity index (χ1n) is 13.3. The molecular weight excluding hydrogens is 436 g/mol. The topological polar surface area (TPSA) is 105 Å². The number of aliphatic hydroxyl groups is 3. The van der Waals surface area contributed by atoms with Gasteiger partial charge in [0.15, 0.2) is 6.29 Å². The van der Waals surface area contributed by atoms with E-state index in [-0.39, 0.29) is 12.6 Å². The third kappa shape index (κ3) is 13.6. The van der Waals surface area contributed by atoms with Gasteiger partial charge in [-0.2, -0.15) is 0 Å². The lowest BCUT2D eigenvalue weighted by Gasteiger charge is -2.39. The standard InChI is InChI=1S/C27H48O7/c1-3-5-6-7-8-9-10-11-12-13-14-15-16-17-18-19-23(28)33-21-22-24(29)25(30)26(31)27(34-22)32-20-4-2/h8-9,11-12,22,24-27,29-31H,3-7,10,13-21H2,1-2H3/b9-8-,12-11-/t22-,24-,25+,26-,27?/m1/s1. The van der Waals surface area contributed by atoms with Gasteiger partial charge in [-0.15, -0.1) is 0 Å². The van der Waals surface area contributed by atoms with Crippen LogP contribution in [0.4, 0.5) is 0 Å². The summed E-state index contributed by atoms with van der Waals surface area (Å²) in [7, 11) is 0. The fourth-order valence-corrected chi connectivity index (χ4v) is 3.75. The van der Waals surface area contributed by atoms with Crippen LogP contribution >= 0.6 is 0 Å². The predicted molar refractivity (Wildman–Crippen MR) is 133 cm³/mol. The van der Waals surface area contributed by atoms with Crippen LogP contribution in [0, 0.1) is 0 Å². The molecule has 0 bridgehead atoms. The summed E-state index contributed by atoms with van der Waals surface area (Å²) < 4.78 is 16.1. The van der Waals surface area contributed by atoms with E-state index in [2.05, 4.69) is 31.2 Å². The number of carbonyl (C=O) groups excluding carboxylic acids is 1. The quantitative estimate of drug-likeness (QED) is 0.140. The maximum absolute atomic E-state index is 12.0. The summed E-state index contributed by atoms with van der Waals surface area (Å²) in [6, 6.07) is 0. The fraction of sp³-hybridized carbons (Fsp3) is 0.815. The largest absolute Gasteiger partial charge is 0.463 e. The molecule has 0 amide bonds. The van der Waals surface area contributed by atoms with E-state index in [1.807, 2.05) is 6.92 Å². The fourth-order valence-electron chi connectivity index (χ4n) is 3.75. The Labute approximate surface area is 206 Å². The van der Waals surface area contributed by atoms with E-state index in [1.165, 1.54) is 25.7 Å². The van der Waals surface area contributed by atoms with Gasteiger partial charge >= 0.3 is 5.97 Å². The van der Waals surface area contributed by atoms with Crippen molar-refractivity contribution in [1.29, 1.82) is 0 Å². The number of esters is 1. The molecule has 0 aromatic rings. The van der Waals surface area contributed by atoms with Gasteiger partial charge in [0.1, 0.15) is 31.0 Å². The minimum absolute atomic E-state index is 0.184. The lowest BCUT2D eigenvalue weighted by atomic mass is 9.99. The second kappa shape index (κ2) is 20.0. The number of unbranched alkanes of at least 4 members (excludes halogenated alkanes) is 8. The molecule has 1 saturated heterocycles. The van der Waals surface area contributed by atoms with Crippen molar-refractivity contribution < 1.29 is 34.3 Å². The Morgan fingerprint density at radius 3 is 2.12 bits per heavy atom. The summed E-state index contributed by atoms with van der Waals surface area (Å²) in [5.41, 5.74) is 0. The molecule has 0 aromatic carbocycles. The van der Waals surface area contributed by atoms with Crippen molar-refractivity contribution in [3.05, 3.63) is 24.3 Å². The van der Waals surface area contributed by atoms with E-state index >= 15 is 0 Å². The first kappa shape index (κ1) is 30.8. The number of allylic oxidation sites excluding steroid dienone is 4. The molecule has 0 aliphatic carbocycles. The highest BCUT2D eigenvalue weighted by Crippen LogP contribution is 2.23. The lowest BCUT2D eigenvalue weighted by molar-refractivity contribution is -0.301. The number of rotatable bonds is 19. The van der Waals surface area contributed by atoms with Crippen LogP contribution in [-0.2, 0) is 19.0 Å². The van der Waals surface area contributed by atoms with Gasteiger partial charge < -0.3 is 29.5 Å². The van der Waals surface area contributed by atoms with Crippen molar-refractivity contribution in [1.82, 2.24) is 0 Å². The molecule has 1 rings (SSSR count). The van der Waals surface area contributed by atoms with Gasteiger partial charge in [0.25, 0.3) is 0 Å². The molecule has 1 aliphatic heterocycles. The van der Waals surface area contributed by atoms with Gasteiger partial charge in [0, 0.05) is 13.0 Å². The van der Waals surface area contributed by atoms with Crippen LogP contribution in [0.3, 0.4) is 0 Å². The van der Waals surface area contributed by atoms with Crippen LogP contribution in [0.25, 0.3) is 0 Å². The molecule has 198 valence electrons. The molecule has 34 heavy (non-hydrogen) atoms. The van der Waals surface area contributed by atoms with E-state index in [1.54, 1.807) is 0 Å². The zero-order chi connectivity index (χ0) is 25.0. The summed E-state index contributed by atoms with van der Waals surface area (Å²) in [5, 5.41) is 30.0. The molecule has 1 unspecified atom stereocenters. The Bertz CT molecular complexity index is 563. The smallest absolute Gasteiger partial charge is 0.305 e. The highest BCUT2D eigenvalue weighted by Gasteiger charge is 2.44. The number of hydrogen-bond donors (Lipinski definition) is 3. The second-order valence-corrected chi connectivity index (χ2v) is 9.05. The third-order valence-corrected chi connectivity index (χ3v) is 5.89. The van der Waals surface area contributed by atoms with Crippen LogP contribution in [0.15, 0.2) is 24.3 Å². The van der Waals surface area contributed by atoms with Gasteiger partial charge in [-0.1, -0.05) is 70.3 Å². The summed E-state index contributed by atoms with van der Waals surface area (Å²) >= 11 is 0. The molecule has 1 fully saturated rings. The average Bonchev–Trinajstić information content (AvgIpc) is 2.84. The molecule has 7 heteroatoms. The van der Waals surface area contributed by atoms with Crippen molar-refractivity contribution in [3.63, 3.8) is 0 Å². The SMILES string of the molecule is CCCCC/C=C\C/C=C\CCCCCCCC(=O)OC[C@H]1OC(OCCC)[C@H](O)[C@@H](O)[C@@H]1O. The monoisotopic (exact) mass is 484 g/mol. The Morgan fingerprint density at radius 2 is 1.44 bits per heavy atom. The van der Waals surface area contributed by atoms with Gasteiger partial charge in [-0.25, -0.2) is 0 Å². The summed E-state index contributed by atoms with van der Waals surface area (Å²) in [5.74, 6) is -0.354. The van der Waals surface area contributed by atoms with Crippen LogP contribution in [-0.4, -0.2) is 65.2 Å². The molecule has 1 heterocycles. The van der Waals surface area contributed by atoms with Crippen molar-refractivity contribution in [2.24, 2.45) is 0 Å². The normalized spacial score (nSPS) is 25.4. The van der Waals surface area contributed by atoms with Gasteiger partial charge in [0.05, 0.1) is 0 Å². The molecular formula is C27H48O7. The van der Waals surface area contributed by atoms with E-state index in [9.17, 15) is 20.1 Å².